The van der Waals surface area contributed by atoms with E-state index in [1.165, 1.54) is 0 Å². The van der Waals surface area contributed by atoms with Crippen molar-refractivity contribution in [3.05, 3.63) is 17.8 Å². The van der Waals surface area contributed by atoms with E-state index in [9.17, 15) is 4.79 Å². The zero-order valence-corrected chi connectivity index (χ0v) is 10.8. The number of anilines is 1. The normalized spacial score (nSPS) is 10.6. The number of aromatic nitrogens is 3. The zero-order chi connectivity index (χ0) is 13.1. The highest BCUT2D eigenvalue weighted by atomic mass is 16.2. The number of aryl methyl sites for hydroxylation is 1. The Balaban J connectivity index is 2.24. The molecule has 0 atom stereocenters. The molecule has 18 heavy (non-hydrogen) atoms. The Morgan fingerprint density at radius 1 is 1.39 bits per heavy atom. The molecule has 0 spiro atoms. The minimum atomic E-state index is -0.144. The molecular weight excluding hydrogens is 230 g/mol. The molecule has 0 aromatic carbocycles. The first-order valence-corrected chi connectivity index (χ1v) is 6.03. The number of hydrogen-bond donors (Lipinski definition) is 2. The average molecular weight is 247 g/mol. The Labute approximate surface area is 105 Å². The van der Waals surface area contributed by atoms with Gasteiger partial charge in [-0.05, 0) is 32.9 Å². The van der Waals surface area contributed by atoms with Crippen LogP contribution in [0.15, 0.2) is 12.1 Å². The summed E-state index contributed by atoms with van der Waals surface area (Å²) in [5, 5.41) is 10.5. The standard InChI is InChI=1S/C12H17N5O/c1-4-17(5-2)12(18)14-11-9-7-6-8(3)13-10(9)15-16-11/h6-7H,4-5H2,1-3H3,(H2,13,14,15,16,18). The van der Waals surface area contributed by atoms with Crippen molar-refractivity contribution in [3.8, 4) is 0 Å². The van der Waals surface area contributed by atoms with Gasteiger partial charge in [0.2, 0.25) is 0 Å². The lowest BCUT2D eigenvalue weighted by Gasteiger charge is -2.18. The number of hydrogen-bond acceptors (Lipinski definition) is 3. The van der Waals surface area contributed by atoms with E-state index in [4.69, 9.17) is 0 Å². The second-order valence-corrected chi connectivity index (χ2v) is 4.02. The molecule has 0 aliphatic heterocycles. The molecule has 2 heterocycles. The summed E-state index contributed by atoms with van der Waals surface area (Å²) in [6.07, 6.45) is 0. The molecular formula is C12H17N5O. The van der Waals surface area contributed by atoms with Crippen LogP contribution in [0, 0.1) is 6.92 Å². The van der Waals surface area contributed by atoms with Crippen molar-refractivity contribution in [2.45, 2.75) is 20.8 Å². The van der Waals surface area contributed by atoms with Crippen LogP contribution in [-0.2, 0) is 0 Å². The van der Waals surface area contributed by atoms with Crippen LogP contribution in [0.3, 0.4) is 0 Å². The first-order valence-electron chi connectivity index (χ1n) is 6.03. The first-order chi connectivity index (χ1) is 8.65. The van der Waals surface area contributed by atoms with Crippen LogP contribution in [-0.4, -0.2) is 39.2 Å². The minimum absolute atomic E-state index is 0.144. The molecule has 0 radical (unpaired) electrons. The van der Waals surface area contributed by atoms with E-state index < -0.39 is 0 Å². The Bertz CT molecular complexity index is 559. The lowest BCUT2D eigenvalue weighted by Crippen LogP contribution is -2.34. The maximum atomic E-state index is 11.9. The molecule has 0 saturated heterocycles. The number of aromatic amines is 1. The molecule has 2 N–H and O–H groups in total. The topological polar surface area (TPSA) is 73.9 Å². The van der Waals surface area contributed by atoms with Gasteiger partial charge in [-0.25, -0.2) is 9.78 Å². The molecule has 6 nitrogen and oxygen atoms in total. The molecule has 96 valence electrons. The van der Waals surface area contributed by atoms with E-state index in [2.05, 4.69) is 20.5 Å². The van der Waals surface area contributed by atoms with Gasteiger partial charge in [0.1, 0.15) is 0 Å². The number of pyridine rings is 1. The van der Waals surface area contributed by atoms with Gasteiger partial charge in [-0.3, -0.25) is 10.4 Å². The maximum absolute atomic E-state index is 11.9. The number of rotatable bonds is 3. The van der Waals surface area contributed by atoms with Crippen LogP contribution >= 0.6 is 0 Å². The van der Waals surface area contributed by atoms with Crippen molar-refractivity contribution in [3.63, 3.8) is 0 Å². The molecule has 0 aliphatic carbocycles. The van der Waals surface area contributed by atoms with Crippen LogP contribution < -0.4 is 5.32 Å². The summed E-state index contributed by atoms with van der Waals surface area (Å²) in [5.74, 6) is 0.523. The van der Waals surface area contributed by atoms with Gasteiger partial charge < -0.3 is 4.90 Å². The molecule has 2 amide bonds. The van der Waals surface area contributed by atoms with Crippen LogP contribution in [0.2, 0.25) is 0 Å². The number of carbonyl (C=O) groups excluding carboxylic acids is 1. The van der Waals surface area contributed by atoms with Gasteiger partial charge in [-0.2, -0.15) is 5.10 Å². The first kappa shape index (κ1) is 12.3. The molecule has 0 bridgehead atoms. The van der Waals surface area contributed by atoms with Gasteiger partial charge >= 0.3 is 6.03 Å². The van der Waals surface area contributed by atoms with Crippen molar-refractivity contribution in [1.82, 2.24) is 20.1 Å². The van der Waals surface area contributed by atoms with Crippen LogP contribution in [0.5, 0.6) is 0 Å². The molecule has 0 saturated carbocycles. The van der Waals surface area contributed by atoms with E-state index in [1.807, 2.05) is 32.9 Å². The Morgan fingerprint density at radius 2 is 2.11 bits per heavy atom. The molecule has 2 aromatic rings. The Hall–Kier alpha value is -2.11. The van der Waals surface area contributed by atoms with Gasteiger partial charge in [0, 0.05) is 18.8 Å². The predicted octanol–water partition coefficient (Wildman–Crippen LogP) is 2.14. The van der Waals surface area contributed by atoms with E-state index in [0.29, 0.717) is 24.6 Å². The minimum Gasteiger partial charge on any atom is -0.325 e. The Morgan fingerprint density at radius 3 is 2.78 bits per heavy atom. The third-order valence-corrected chi connectivity index (χ3v) is 2.84. The summed E-state index contributed by atoms with van der Waals surface area (Å²) in [6, 6.07) is 3.65. The monoisotopic (exact) mass is 247 g/mol. The fourth-order valence-corrected chi connectivity index (χ4v) is 1.79. The number of urea groups is 1. The summed E-state index contributed by atoms with van der Waals surface area (Å²) in [4.78, 5) is 17.9. The highest BCUT2D eigenvalue weighted by Crippen LogP contribution is 2.19. The number of nitrogens with one attached hydrogen (secondary N) is 2. The summed E-state index contributed by atoms with van der Waals surface area (Å²) in [7, 11) is 0. The molecule has 2 rings (SSSR count). The lowest BCUT2D eigenvalue weighted by molar-refractivity contribution is 0.217. The highest BCUT2D eigenvalue weighted by Gasteiger charge is 2.13. The van der Waals surface area contributed by atoms with E-state index in [-0.39, 0.29) is 6.03 Å². The van der Waals surface area contributed by atoms with Gasteiger partial charge in [-0.15, -0.1) is 0 Å². The number of amides is 2. The zero-order valence-electron chi connectivity index (χ0n) is 10.8. The number of H-pyrrole nitrogens is 1. The van der Waals surface area contributed by atoms with Crippen LogP contribution in [0.4, 0.5) is 10.6 Å². The van der Waals surface area contributed by atoms with Crippen molar-refractivity contribution in [1.29, 1.82) is 0 Å². The van der Waals surface area contributed by atoms with Crippen LogP contribution in [0.1, 0.15) is 19.5 Å². The summed E-state index contributed by atoms with van der Waals surface area (Å²) in [5.41, 5.74) is 1.60. The Kier molecular flexibility index (Phi) is 3.45. The second-order valence-electron chi connectivity index (χ2n) is 4.02. The molecule has 6 heteroatoms. The van der Waals surface area contributed by atoms with E-state index in [1.54, 1.807) is 4.90 Å². The SMILES string of the molecule is CCN(CC)C(=O)Nc1n[nH]c2nc(C)ccc12. The van der Waals surface area contributed by atoms with Gasteiger partial charge in [0.15, 0.2) is 11.5 Å². The number of nitrogens with zero attached hydrogens (tertiary/aromatic N) is 3. The second kappa shape index (κ2) is 5.03. The van der Waals surface area contributed by atoms with Crippen molar-refractivity contribution >= 4 is 22.9 Å². The fraction of sp³-hybridized carbons (Fsp3) is 0.417. The van der Waals surface area contributed by atoms with Crippen molar-refractivity contribution in [2.75, 3.05) is 18.4 Å². The van der Waals surface area contributed by atoms with Crippen LogP contribution in [0.25, 0.3) is 11.0 Å². The highest BCUT2D eigenvalue weighted by molar-refractivity contribution is 5.97. The van der Waals surface area contributed by atoms with Gasteiger partial charge in [0.05, 0.1) is 5.39 Å². The third kappa shape index (κ3) is 2.27. The smallest absolute Gasteiger partial charge is 0.323 e. The largest absolute Gasteiger partial charge is 0.325 e. The summed E-state index contributed by atoms with van der Waals surface area (Å²) < 4.78 is 0. The predicted molar refractivity (Wildman–Crippen MR) is 70.6 cm³/mol. The molecule has 0 unspecified atom stereocenters. The molecule has 0 aliphatic rings. The van der Waals surface area contributed by atoms with Crippen molar-refractivity contribution in [2.24, 2.45) is 0 Å². The number of carbonyl (C=O) groups is 1. The molecule has 0 fully saturated rings. The van der Waals surface area contributed by atoms with Crippen molar-refractivity contribution < 1.29 is 4.79 Å². The lowest BCUT2D eigenvalue weighted by atomic mass is 10.3. The van der Waals surface area contributed by atoms with E-state index in [0.717, 1.165) is 11.1 Å². The van der Waals surface area contributed by atoms with E-state index >= 15 is 0 Å². The summed E-state index contributed by atoms with van der Waals surface area (Å²) in [6.45, 7) is 7.13. The third-order valence-electron chi connectivity index (χ3n) is 2.84. The number of fused-ring (bicyclic) bond motifs is 1. The molecule has 2 aromatic heterocycles. The van der Waals surface area contributed by atoms with Gasteiger partial charge in [0.25, 0.3) is 0 Å². The summed E-state index contributed by atoms with van der Waals surface area (Å²) >= 11 is 0. The fourth-order valence-electron chi connectivity index (χ4n) is 1.79. The average Bonchev–Trinajstić information content (AvgIpc) is 2.73. The maximum Gasteiger partial charge on any atom is 0.323 e. The van der Waals surface area contributed by atoms with Gasteiger partial charge in [-0.1, -0.05) is 0 Å². The quantitative estimate of drug-likeness (QED) is 0.872.